The van der Waals surface area contributed by atoms with Gasteiger partial charge < -0.3 is 10.2 Å². The van der Waals surface area contributed by atoms with Gasteiger partial charge in [-0.2, -0.15) is 5.26 Å². The van der Waals surface area contributed by atoms with E-state index in [1.807, 2.05) is 11.0 Å². The van der Waals surface area contributed by atoms with Gasteiger partial charge in [0.05, 0.1) is 11.3 Å². The summed E-state index contributed by atoms with van der Waals surface area (Å²) in [5.41, 5.74) is 0.943. The number of nitrogens with zero attached hydrogens (tertiary/aromatic N) is 2. The van der Waals surface area contributed by atoms with E-state index in [0.717, 1.165) is 32.2 Å². The molecule has 2 aliphatic rings. The molecule has 2 fully saturated rings. The number of hydrogen-bond acceptors (Lipinski definition) is 3. The first-order valence-corrected chi connectivity index (χ1v) is 6.95. The molecule has 1 N–H and O–H groups in total. The first kappa shape index (κ1) is 12.9. The minimum absolute atomic E-state index is 0.0261. The van der Waals surface area contributed by atoms with Gasteiger partial charge in [-0.15, -0.1) is 0 Å². The smallest absolute Gasteiger partial charge is 0.242 e. The zero-order valence-corrected chi connectivity index (χ0v) is 11.1. The molecule has 1 aliphatic carbocycles. The molecule has 1 saturated carbocycles. The number of carbonyl (C=O) groups excluding carboxylic acids is 1. The van der Waals surface area contributed by atoms with Crippen LogP contribution < -0.4 is 10.2 Å². The lowest BCUT2D eigenvalue weighted by molar-refractivity contribution is -0.122. The zero-order valence-electron chi connectivity index (χ0n) is 11.1. The third-order valence-corrected chi connectivity index (χ3v) is 3.87. The first-order chi connectivity index (χ1) is 9.69. The molecule has 1 amide bonds. The third kappa shape index (κ3) is 2.46. The van der Waals surface area contributed by atoms with Crippen LogP contribution in [0.2, 0.25) is 0 Å². The summed E-state index contributed by atoms with van der Waals surface area (Å²) >= 11 is 0. The van der Waals surface area contributed by atoms with E-state index in [1.54, 1.807) is 6.07 Å². The van der Waals surface area contributed by atoms with Crippen molar-refractivity contribution < 1.29 is 9.18 Å². The molecule has 1 saturated heterocycles. The summed E-state index contributed by atoms with van der Waals surface area (Å²) < 4.78 is 13.2. The monoisotopic (exact) mass is 273 g/mol. The maximum atomic E-state index is 13.2. The van der Waals surface area contributed by atoms with Crippen LogP contribution in [0.4, 0.5) is 10.1 Å². The van der Waals surface area contributed by atoms with Gasteiger partial charge in [0, 0.05) is 12.6 Å². The van der Waals surface area contributed by atoms with Crippen molar-refractivity contribution >= 4 is 11.6 Å². The van der Waals surface area contributed by atoms with Gasteiger partial charge in [-0.3, -0.25) is 4.79 Å². The van der Waals surface area contributed by atoms with Crippen molar-refractivity contribution in [1.82, 2.24) is 5.32 Å². The summed E-state index contributed by atoms with van der Waals surface area (Å²) in [5, 5.41) is 12.1. The van der Waals surface area contributed by atoms with Gasteiger partial charge in [-0.1, -0.05) is 0 Å². The fraction of sp³-hybridized carbons (Fsp3) is 0.467. The number of rotatable bonds is 3. The van der Waals surface area contributed by atoms with Crippen molar-refractivity contribution in [3.05, 3.63) is 29.6 Å². The van der Waals surface area contributed by atoms with Gasteiger partial charge >= 0.3 is 0 Å². The van der Waals surface area contributed by atoms with Crippen molar-refractivity contribution in [2.75, 3.05) is 11.4 Å². The lowest BCUT2D eigenvalue weighted by Gasteiger charge is -2.26. The van der Waals surface area contributed by atoms with Crippen LogP contribution >= 0.6 is 0 Å². The second-order valence-corrected chi connectivity index (χ2v) is 5.41. The molecule has 20 heavy (non-hydrogen) atoms. The van der Waals surface area contributed by atoms with E-state index < -0.39 is 5.82 Å². The predicted octanol–water partition coefficient (Wildman–Crippen LogP) is 1.94. The Hall–Kier alpha value is -2.09. The summed E-state index contributed by atoms with van der Waals surface area (Å²) in [4.78, 5) is 14.2. The Kier molecular flexibility index (Phi) is 3.31. The number of nitrogens with one attached hydrogen (secondary N) is 1. The Morgan fingerprint density at radius 3 is 2.90 bits per heavy atom. The van der Waals surface area contributed by atoms with E-state index in [0.29, 0.717) is 11.7 Å². The summed E-state index contributed by atoms with van der Waals surface area (Å²) in [5.74, 6) is -0.401. The lowest BCUT2D eigenvalue weighted by atomic mass is 10.1. The standard InChI is InChI=1S/C15H16FN3O/c16-11-3-6-13(10(8-11)9-17)19-7-1-2-14(19)15(20)18-12-4-5-12/h3,6,8,12,14H,1-2,4-5,7H2,(H,18,20)/t14-/m0/s1. The molecule has 0 radical (unpaired) electrons. The van der Waals surface area contributed by atoms with Crippen LogP contribution in [0, 0.1) is 17.1 Å². The van der Waals surface area contributed by atoms with Gasteiger partial charge in [0.25, 0.3) is 0 Å². The van der Waals surface area contributed by atoms with Crippen molar-refractivity contribution in [3.8, 4) is 6.07 Å². The average Bonchev–Trinajstić information content (AvgIpc) is 3.12. The molecule has 1 heterocycles. The highest BCUT2D eigenvalue weighted by molar-refractivity contribution is 5.87. The molecule has 5 heteroatoms. The maximum Gasteiger partial charge on any atom is 0.242 e. The average molecular weight is 273 g/mol. The van der Waals surface area contributed by atoms with Crippen LogP contribution in [0.15, 0.2) is 18.2 Å². The molecule has 1 aromatic rings. The molecule has 1 aromatic carbocycles. The SMILES string of the molecule is N#Cc1cc(F)ccc1N1CCC[C@H]1C(=O)NC1CC1. The number of halogens is 1. The Bertz CT molecular complexity index is 577. The molecule has 0 aromatic heterocycles. The summed E-state index contributed by atoms with van der Waals surface area (Å²) in [6, 6.07) is 6.25. The Balaban J connectivity index is 1.84. The Labute approximate surface area is 117 Å². The summed E-state index contributed by atoms with van der Waals surface area (Å²) in [6.45, 7) is 0.725. The molecule has 3 rings (SSSR count). The van der Waals surface area contributed by atoms with Crippen LogP contribution in [-0.2, 0) is 4.79 Å². The Morgan fingerprint density at radius 1 is 1.40 bits per heavy atom. The number of benzene rings is 1. The van der Waals surface area contributed by atoms with Crippen LogP contribution in [0.1, 0.15) is 31.2 Å². The topological polar surface area (TPSA) is 56.1 Å². The molecule has 1 aliphatic heterocycles. The molecule has 0 unspecified atom stereocenters. The minimum Gasteiger partial charge on any atom is -0.358 e. The maximum absolute atomic E-state index is 13.2. The normalized spacial score (nSPS) is 21.6. The van der Waals surface area contributed by atoms with Gasteiger partial charge in [0.15, 0.2) is 0 Å². The van der Waals surface area contributed by atoms with Gasteiger partial charge in [-0.25, -0.2) is 4.39 Å². The molecule has 1 atom stereocenters. The highest BCUT2D eigenvalue weighted by atomic mass is 19.1. The van der Waals surface area contributed by atoms with E-state index in [-0.39, 0.29) is 17.5 Å². The number of carbonyl (C=O) groups is 1. The zero-order chi connectivity index (χ0) is 14.1. The largest absolute Gasteiger partial charge is 0.358 e. The molecule has 4 nitrogen and oxygen atoms in total. The fourth-order valence-electron chi connectivity index (χ4n) is 2.70. The summed E-state index contributed by atoms with van der Waals surface area (Å²) in [7, 11) is 0. The molecular weight excluding hydrogens is 257 g/mol. The van der Waals surface area contributed by atoms with Crippen LogP contribution in [0.25, 0.3) is 0 Å². The molecule has 0 bridgehead atoms. The lowest BCUT2D eigenvalue weighted by Crippen LogP contribution is -2.44. The second-order valence-electron chi connectivity index (χ2n) is 5.41. The van der Waals surface area contributed by atoms with E-state index >= 15 is 0 Å². The van der Waals surface area contributed by atoms with Crippen LogP contribution in [0.3, 0.4) is 0 Å². The second kappa shape index (κ2) is 5.12. The number of anilines is 1. The minimum atomic E-state index is -0.427. The van der Waals surface area contributed by atoms with Crippen molar-refractivity contribution in [2.24, 2.45) is 0 Å². The van der Waals surface area contributed by atoms with Gasteiger partial charge in [0.1, 0.15) is 17.9 Å². The van der Waals surface area contributed by atoms with Crippen molar-refractivity contribution in [3.63, 3.8) is 0 Å². The quantitative estimate of drug-likeness (QED) is 0.915. The van der Waals surface area contributed by atoms with Gasteiger partial charge in [0.2, 0.25) is 5.91 Å². The van der Waals surface area contributed by atoms with E-state index in [1.165, 1.54) is 12.1 Å². The van der Waals surface area contributed by atoms with Crippen LogP contribution in [0.5, 0.6) is 0 Å². The van der Waals surface area contributed by atoms with E-state index in [2.05, 4.69) is 5.32 Å². The third-order valence-electron chi connectivity index (χ3n) is 3.87. The molecular formula is C15H16FN3O. The predicted molar refractivity (Wildman–Crippen MR) is 72.6 cm³/mol. The molecule has 0 spiro atoms. The summed E-state index contributed by atoms with van der Waals surface area (Å²) in [6.07, 6.45) is 3.79. The van der Waals surface area contributed by atoms with E-state index in [9.17, 15) is 9.18 Å². The highest BCUT2D eigenvalue weighted by Gasteiger charge is 2.34. The van der Waals surface area contributed by atoms with Gasteiger partial charge in [-0.05, 0) is 43.9 Å². The van der Waals surface area contributed by atoms with Crippen LogP contribution in [-0.4, -0.2) is 24.5 Å². The highest BCUT2D eigenvalue weighted by Crippen LogP contribution is 2.30. The number of hydrogen-bond donors (Lipinski definition) is 1. The molecule has 104 valence electrons. The van der Waals surface area contributed by atoms with Crippen molar-refractivity contribution in [1.29, 1.82) is 5.26 Å². The van der Waals surface area contributed by atoms with E-state index in [4.69, 9.17) is 5.26 Å². The number of amides is 1. The van der Waals surface area contributed by atoms with Crippen molar-refractivity contribution in [2.45, 2.75) is 37.8 Å². The number of nitriles is 1. The Morgan fingerprint density at radius 2 is 2.20 bits per heavy atom. The fourth-order valence-corrected chi connectivity index (χ4v) is 2.70. The first-order valence-electron chi connectivity index (χ1n) is 6.95.